The van der Waals surface area contributed by atoms with Crippen LogP contribution in [0.15, 0.2) is 54.8 Å². The van der Waals surface area contributed by atoms with Gasteiger partial charge in [-0.25, -0.2) is 4.39 Å². The van der Waals surface area contributed by atoms with Crippen molar-refractivity contribution in [2.45, 2.75) is 24.7 Å². The van der Waals surface area contributed by atoms with Crippen LogP contribution in [0.4, 0.5) is 10.2 Å². The molecule has 0 unspecified atom stereocenters. The molecule has 0 radical (unpaired) electrons. The maximum Gasteiger partial charge on any atom is 0.277 e. The molecule has 3 rings (SSSR count). The summed E-state index contributed by atoms with van der Waals surface area (Å²) < 4.78 is 14.2. The number of hydrogen-bond donors (Lipinski definition) is 4. The van der Waals surface area contributed by atoms with Crippen LogP contribution in [0.1, 0.15) is 35.4 Å². The topological polar surface area (TPSA) is 142 Å². The number of nitrogens with one attached hydrogen (secondary N) is 3. The molecule has 0 spiro atoms. The third-order valence-corrected chi connectivity index (χ3v) is 4.95. The number of pyridine rings is 1. The number of nitrogens with two attached hydrogens (primary N) is 1. The number of rotatable bonds is 8. The van der Waals surface area contributed by atoms with Gasteiger partial charge in [-0.1, -0.05) is 13.0 Å². The first-order chi connectivity index (χ1) is 14.5. The molecule has 1 aliphatic carbocycles. The molecule has 1 aliphatic rings. The Morgan fingerprint density at radius 3 is 2.73 bits per heavy atom. The Bertz CT molecular complexity index is 1010. The molecule has 5 N–H and O–H groups in total. The van der Waals surface area contributed by atoms with Gasteiger partial charge in [0, 0.05) is 18.2 Å². The highest BCUT2D eigenvalue weighted by molar-refractivity contribution is 5.93. The highest BCUT2D eigenvalue weighted by Crippen LogP contribution is 2.43. The number of allylic oxidation sites excluding steroid dienone is 1. The Balaban J connectivity index is 1.66. The monoisotopic (exact) mass is 408 g/mol. The molecule has 0 atom stereocenters. The van der Waals surface area contributed by atoms with Gasteiger partial charge in [0.15, 0.2) is 11.4 Å². The summed E-state index contributed by atoms with van der Waals surface area (Å²) in [6.07, 6.45) is 5.53. The van der Waals surface area contributed by atoms with Gasteiger partial charge in [0.1, 0.15) is 23.5 Å². The maximum absolute atomic E-state index is 14.2. The number of amides is 1. The summed E-state index contributed by atoms with van der Waals surface area (Å²) in [6.45, 7) is 3.92. The SMILES string of the molecule is C=CN/C(NC(=O)c1ccc(NCC2(c3ncccc3F)CCC2)nn1)=C(\N)C#N. The number of halogens is 1. The minimum Gasteiger partial charge on any atom is -0.387 e. The lowest BCUT2D eigenvalue weighted by atomic mass is 9.66. The zero-order valence-electron chi connectivity index (χ0n) is 16.2. The molecule has 1 amide bonds. The highest BCUT2D eigenvalue weighted by Gasteiger charge is 2.41. The molecular formula is C20H21FN8O. The summed E-state index contributed by atoms with van der Waals surface area (Å²) in [5.74, 6) is -0.454. The van der Waals surface area contributed by atoms with E-state index in [1.54, 1.807) is 24.4 Å². The van der Waals surface area contributed by atoms with Gasteiger partial charge < -0.3 is 21.7 Å². The Morgan fingerprint density at radius 2 is 2.17 bits per heavy atom. The third kappa shape index (κ3) is 4.35. The van der Waals surface area contributed by atoms with E-state index in [1.807, 2.05) is 0 Å². The second kappa shape index (κ2) is 9.00. The van der Waals surface area contributed by atoms with Crippen LogP contribution in [-0.4, -0.2) is 27.6 Å². The van der Waals surface area contributed by atoms with Gasteiger partial charge in [-0.3, -0.25) is 9.78 Å². The molecule has 10 heteroatoms. The Kier molecular flexibility index (Phi) is 6.22. The van der Waals surface area contributed by atoms with E-state index in [4.69, 9.17) is 11.0 Å². The van der Waals surface area contributed by atoms with Crippen LogP contribution in [0.3, 0.4) is 0 Å². The summed E-state index contributed by atoms with van der Waals surface area (Å²) in [5, 5.41) is 25.0. The average Bonchev–Trinajstić information content (AvgIpc) is 2.73. The van der Waals surface area contributed by atoms with Gasteiger partial charge in [0.2, 0.25) is 0 Å². The summed E-state index contributed by atoms with van der Waals surface area (Å²) in [6, 6.07) is 7.80. The maximum atomic E-state index is 14.2. The fraction of sp³-hybridized carbons (Fsp3) is 0.250. The van der Waals surface area contributed by atoms with Crippen LogP contribution < -0.4 is 21.7 Å². The van der Waals surface area contributed by atoms with Crippen molar-refractivity contribution in [2.75, 3.05) is 11.9 Å². The standard InChI is InChI=1S/C20H21FN8O/c1-2-24-18(14(23)11-22)27-19(30)15-6-7-16(29-28-15)26-12-20(8-4-9-20)17-13(21)5-3-10-25-17/h2-3,5-7,10,24H,1,4,8-9,12,23H2,(H,26,29)(H,27,30)/b18-14+. The van der Waals surface area contributed by atoms with E-state index in [-0.39, 0.29) is 28.4 Å². The van der Waals surface area contributed by atoms with E-state index in [1.165, 1.54) is 18.3 Å². The van der Waals surface area contributed by atoms with Crippen molar-refractivity contribution in [1.82, 2.24) is 25.8 Å². The van der Waals surface area contributed by atoms with Gasteiger partial charge in [-0.2, -0.15) is 5.26 Å². The van der Waals surface area contributed by atoms with Gasteiger partial charge in [0.25, 0.3) is 5.91 Å². The summed E-state index contributed by atoms with van der Waals surface area (Å²) in [7, 11) is 0. The molecule has 154 valence electrons. The highest BCUT2D eigenvalue weighted by atomic mass is 19.1. The zero-order chi connectivity index (χ0) is 21.6. The summed E-state index contributed by atoms with van der Waals surface area (Å²) >= 11 is 0. The summed E-state index contributed by atoms with van der Waals surface area (Å²) in [4.78, 5) is 16.5. The average molecular weight is 408 g/mol. The van der Waals surface area contributed by atoms with Crippen molar-refractivity contribution in [3.8, 4) is 6.07 Å². The van der Waals surface area contributed by atoms with Crippen molar-refractivity contribution < 1.29 is 9.18 Å². The van der Waals surface area contributed by atoms with Crippen LogP contribution >= 0.6 is 0 Å². The predicted octanol–water partition coefficient (Wildman–Crippen LogP) is 1.66. The lowest BCUT2D eigenvalue weighted by Crippen LogP contribution is -2.42. The number of anilines is 1. The number of nitrogens with zero attached hydrogens (tertiary/aromatic N) is 4. The van der Waals surface area contributed by atoms with Crippen LogP contribution in [-0.2, 0) is 5.41 Å². The van der Waals surface area contributed by atoms with Gasteiger partial charge in [-0.05, 0) is 43.3 Å². The van der Waals surface area contributed by atoms with Crippen molar-refractivity contribution in [2.24, 2.45) is 5.73 Å². The molecule has 0 saturated heterocycles. The quantitative estimate of drug-likeness (QED) is 0.483. The normalized spacial score (nSPS) is 15.1. The molecular weight excluding hydrogens is 387 g/mol. The lowest BCUT2D eigenvalue weighted by Gasteiger charge is -2.41. The predicted molar refractivity (Wildman–Crippen MR) is 108 cm³/mol. The van der Waals surface area contributed by atoms with Gasteiger partial charge in [-0.15, -0.1) is 10.2 Å². The largest absolute Gasteiger partial charge is 0.387 e. The molecule has 2 aromatic heterocycles. The molecule has 30 heavy (non-hydrogen) atoms. The fourth-order valence-corrected chi connectivity index (χ4v) is 3.20. The lowest BCUT2D eigenvalue weighted by molar-refractivity contribution is 0.0957. The van der Waals surface area contributed by atoms with E-state index in [0.29, 0.717) is 18.1 Å². The first kappa shape index (κ1) is 20.7. The number of carbonyl (C=O) groups is 1. The van der Waals surface area contributed by atoms with Gasteiger partial charge >= 0.3 is 0 Å². The Labute approximate surface area is 172 Å². The molecule has 0 aromatic carbocycles. The van der Waals surface area contributed by atoms with Crippen LogP contribution in [0.25, 0.3) is 0 Å². The number of aromatic nitrogens is 3. The molecule has 2 aromatic rings. The van der Waals surface area contributed by atoms with E-state index in [2.05, 4.69) is 37.7 Å². The van der Waals surface area contributed by atoms with Crippen molar-refractivity contribution >= 4 is 11.7 Å². The molecule has 9 nitrogen and oxygen atoms in total. The zero-order valence-corrected chi connectivity index (χ0v) is 16.2. The number of hydrogen-bond acceptors (Lipinski definition) is 8. The van der Waals surface area contributed by atoms with E-state index < -0.39 is 5.91 Å². The minimum atomic E-state index is -0.595. The van der Waals surface area contributed by atoms with Crippen molar-refractivity contribution in [1.29, 1.82) is 5.26 Å². The first-order valence-electron chi connectivity index (χ1n) is 9.26. The molecule has 0 aliphatic heterocycles. The summed E-state index contributed by atoms with van der Waals surface area (Å²) in [5.41, 5.74) is 5.43. The van der Waals surface area contributed by atoms with E-state index in [0.717, 1.165) is 19.3 Å². The molecule has 0 bridgehead atoms. The number of nitriles is 1. The molecule has 1 saturated carbocycles. The second-order valence-electron chi connectivity index (χ2n) is 6.83. The molecule has 2 heterocycles. The van der Waals surface area contributed by atoms with Crippen LogP contribution in [0.2, 0.25) is 0 Å². The van der Waals surface area contributed by atoms with E-state index in [9.17, 15) is 9.18 Å². The van der Waals surface area contributed by atoms with Crippen LogP contribution in [0, 0.1) is 17.1 Å². The minimum absolute atomic E-state index is 0.00538. The Hall–Kier alpha value is -4.00. The van der Waals surface area contributed by atoms with E-state index >= 15 is 0 Å². The Morgan fingerprint density at radius 1 is 1.37 bits per heavy atom. The smallest absolute Gasteiger partial charge is 0.277 e. The van der Waals surface area contributed by atoms with Crippen molar-refractivity contribution in [3.63, 3.8) is 0 Å². The third-order valence-electron chi connectivity index (χ3n) is 4.95. The van der Waals surface area contributed by atoms with Gasteiger partial charge in [0.05, 0.1) is 5.69 Å². The molecule has 1 fully saturated rings. The van der Waals surface area contributed by atoms with Crippen molar-refractivity contribution in [3.05, 3.63) is 72.0 Å². The fourth-order valence-electron chi connectivity index (χ4n) is 3.20. The first-order valence-corrected chi connectivity index (χ1v) is 9.26. The van der Waals surface area contributed by atoms with Crippen LogP contribution in [0.5, 0.6) is 0 Å². The second-order valence-corrected chi connectivity index (χ2v) is 6.83. The number of carbonyl (C=O) groups excluding carboxylic acids is 1.